The minimum absolute atomic E-state index is 0.539. The van der Waals surface area contributed by atoms with Gasteiger partial charge in [-0.25, -0.2) is 4.98 Å². The quantitative estimate of drug-likeness (QED) is 0.181. The van der Waals surface area contributed by atoms with Gasteiger partial charge < -0.3 is 8.83 Å². The van der Waals surface area contributed by atoms with E-state index in [4.69, 9.17) is 23.8 Å². The Morgan fingerprint density at radius 2 is 1.02 bits per heavy atom. The summed E-state index contributed by atoms with van der Waals surface area (Å²) in [6.07, 6.45) is 3.65. The molecule has 7 aromatic carbocycles. The number of aromatic nitrogens is 5. The summed E-state index contributed by atoms with van der Waals surface area (Å²) in [6.45, 7) is 0. The Morgan fingerprint density at radius 3 is 1.84 bits per heavy atom. The summed E-state index contributed by atoms with van der Waals surface area (Å²) in [7, 11) is 0. The standard InChI is InChI=1S/C48H27N5O2/c1-2-11-30-29(10-1)31(36-15-9-19-43-45(36)38-27-49-25-24-42(38)54-43)22-23-37(30)47-50-46(28-20-21-35-34-14-5-8-18-41(34)55-44(35)26-28)51-48(52-47)53-39-16-6-3-12-32(39)33-13-4-7-17-40(33)53/h1-27H. The number of hydrogen-bond donors (Lipinski definition) is 0. The lowest BCUT2D eigenvalue weighted by Gasteiger charge is -2.14. The number of hydrogen-bond acceptors (Lipinski definition) is 6. The fraction of sp³-hybridized carbons (Fsp3) is 0. The summed E-state index contributed by atoms with van der Waals surface area (Å²) in [4.78, 5) is 20.2. The topological polar surface area (TPSA) is 82.8 Å². The number of fused-ring (bicyclic) bond motifs is 10. The van der Waals surface area contributed by atoms with Crippen molar-refractivity contribution in [2.75, 3.05) is 0 Å². The van der Waals surface area contributed by atoms with E-state index in [1.807, 2.05) is 48.7 Å². The van der Waals surface area contributed by atoms with Gasteiger partial charge in [0.15, 0.2) is 11.6 Å². The molecule has 0 aliphatic carbocycles. The fourth-order valence-electron chi connectivity index (χ4n) is 8.34. The molecule has 0 fully saturated rings. The average molecular weight is 706 g/mol. The number of furan rings is 2. The predicted molar refractivity (Wildman–Crippen MR) is 220 cm³/mol. The zero-order valence-electron chi connectivity index (χ0n) is 29.1. The van der Waals surface area contributed by atoms with E-state index in [0.29, 0.717) is 17.6 Å². The minimum Gasteiger partial charge on any atom is -0.456 e. The zero-order valence-corrected chi connectivity index (χ0v) is 29.1. The largest absolute Gasteiger partial charge is 0.456 e. The molecule has 0 unspecified atom stereocenters. The van der Waals surface area contributed by atoms with E-state index in [1.54, 1.807) is 6.20 Å². The van der Waals surface area contributed by atoms with E-state index < -0.39 is 0 Å². The van der Waals surface area contributed by atoms with Crippen LogP contribution in [0.3, 0.4) is 0 Å². The summed E-state index contributed by atoms with van der Waals surface area (Å²) in [5, 5.41) is 8.53. The van der Waals surface area contributed by atoms with Gasteiger partial charge in [-0.15, -0.1) is 0 Å². The molecule has 7 nitrogen and oxygen atoms in total. The first-order chi connectivity index (χ1) is 27.3. The van der Waals surface area contributed by atoms with Crippen molar-refractivity contribution in [1.29, 1.82) is 0 Å². The lowest BCUT2D eigenvalue weighted by molar-refractivity contribution is 0.668. The van der Waals surface area contributed by atoms with Gasteiger partial charge in [0.05, 0.1) is 11.0 Å². The molecular weight excluding hydrogens is 679 g/mol. The van der Waals surface area contributed by atoms with Gasteiger partial charge in [-0.3, -0.25) is 9.55 Å². The van der Waals surface area contributed by atoms with E-state index >= 15 is 0 Å². The lowest BCUT2D eigenvalue weighted by atomic mass is 9.92. The molecule has 0 spiro atoms. The highest BCUT2D eigenvalue weighted by Crippen LogP contribution is 2.42. The van der Waals surface area contributed by atoms with Gasteiger partial charge in [0.1, 0.15) is 22.3 Å². The van der Waals surface area contributed by atoms with Gasteiger partial charge in [-0.1, -0.05) is 103 Å². The maximum Gasteiger partial charge on any atom is 0.238 e. The van der Waals surface area contributed by atoms with E-state index in [-0.39, 0.29) is 0 Å². The normalized spacial score (nSPS) is 12.0. The van der Waals surface area contributed by atoms with Crippen molar-refractivity contribution in [3.05, 3.63) is 164 Å². The highest BCUT2D eigenvalue weighted by Gasteiger charge is 2.21. The van der Waals surface area contributed by atoms with Crippen molar-refractivity contribution in [2.24, 2.45) is 0 Å². The Bertz CT molecular complexity index is 3470. The summed E-state index contributed by atoms with van der Waals surface area (Å²) in [5.41, 5.74) is 9.22. The highest BCUT2D eigenvalue weighted by atomic mass is 16.3. The van der Waals surface area contributed by atoms with Gasteiger partial charge >= 0.3 is 0 Å². The van der Waals surface area contributed by atoms with E-state index in [1.165, 1.54) is 0 Å². The van der Waals surface area contributed by atoms with Crippen molar-refractivity contribution in [3.63, 3.8) is 0 Å². The van der Waals surface area contributed by atoms with E-state index in [2.05, 4.69) is 119 Å². The molecule has 7 heteroatoms. The molecule has 0 bridgehead atoms. The zero-order chi connectivity index (χ0) is 36.0. The first kappa shape index (κ1) is 29.9. The molecule has 0 amide bonds. The summed E-state index contributed by atoms with van der Waals surface area (Å²) >= 11 is 0. The first-order valence-electron chi connectivity index (χ1n) is 18.2. The Balaban J connectivity index is 1.12. The second-order valence-electron chi connectivity index (χ2n) is 13.8. The predicted octanol–water partition coefficient (Wildman–Crippen LogP) is 12.3. The summed E-state index contributed by atoms with van der Waals surface area (Å²) in [5.74, 6) is 1.67. The molecule has 256 valence electrons. The molecule has 0 atom stereocenters. The summed E-state index contributed by atoms with van der Waals surface area (Å²) in [6, 6.07) is 52.0. The lowest BCUT2D eigenvalue weighted by Crippen LogP contribution is -2.06. The van der Waals surface area contributed by atoms with Crippen LogP contribution in [0, 0.1) is 0 Å². The molecule has 5 heterocycles. The van der Waals surface area contributed by atoms with Gasteiger partial charge in [0.25, 0.3) is 0 Å². The number of pyridine rings is 1. The van der Waals surface area contributed by atoms with Crippen LogP contribution in [0.25, 0.3) is 116 Å². The first-order valence-corrected chi connectivity index (χ1v) is 18.2. The van der Waals surface area contributed by atoms with Crippen LogP contribution in [-0.4, -0.2) is 24.5 Å². The molecule has 0 saturated carbocycles. The van der Waals surface area contributed by atoms with Crippen LogP contribution in [0.15, 0.2) is 173 Å². The molecule has 0 radical (unpaired) electrons. The van der Waals surface area contributed by atoms with Crippen molar-refractivity contribution in [2.45, 2.75) is 0 Å². The molecule has 12 rings (SSSR count). The Hall–Kier alpha value is -7.64. The molecule has 0 N–H and O–H groups in total. The van der Waals surface area contributed by atoms with Crippen molar-refractivity contribution >= 4 is 76.5 Å². The number of nitrogens with zero attached hydrogens (tertiary/aromatic N) is 5. The number of para-hydroxylation sites is 3. The molecule has 55 heavy (non-hydrogen) atoms. The third-order valence-electron chi connectivity index (χ3n) is 10.8. The van der Waals surface area contributed by atoms with Crippen LogP contribution in [0.1, 0.15) is 0 Å². The average Bonchev–Trinajstić information content (AvgIpc) is 3.92. The molecule has 5 aromatic heterocycles. The number of rotatable bonds is 4. The molecule has 0 aliphatic rings. The maximum atomic E-state index is 6.32. The SMILES string of the molecule is c1ccc2c(c1)oc1cc(-c3nc(-c4ccc(-c5cccc6oc7ccncc7c56)c5ccccc45)nc(-n4c5ccccc5c5ccccc54)n3)ccc12. The monoisotopic (exact) mass is 705 g/mol. The van der Waals surface area contributed by atoms with Crippen LogP contribution in [0.5, 0.6) is 0 Å². The molecular formula is C48H27N5O2. The van der Waals surface area contributed by atoms with E-state index in [9.17, 15) is 0 Å². The van der Waals surface area contributed by atoms with Crippen molar-refractivity contribution < 1.29 is 8.83 Å². The van der Waals surface area contributed by atoms with Gasteiger partial charge in [0, 0.05) is 55.8 Å². The molecule has 0 aliphatic heterocycles. The van der Waals surface area contributed by atoms with Crippen LogP contribution in [0.4, 0.5) is 0 Å². The van der Waals surface area contributed by atoms with Crippen molar-refractivity contribution in [3.8, 4) is 39.9 Å². The Morgan fingerprint density at radius 1 is 0.400 bits per heavy atom. The molecule has 0 saturated heterocycles. The fourth-order valence-corrected chi connectivity index (χ4v) is 8.34. The van der Waals surface area contributed by atoms with Crippen LogP contribution in [0.2, 0.25) is 0 Å². The number of benzene rings is 7. The Kier molecular flexibility index (Phi) is 6.21. The second kappa shape index (κ2) is 11.4. The maximum absolute atomic E-state index is 6.32. The van der Waals surface area contributed by atoms with Crippen LogP contribution in [-0.2, 0) is 0 Å². The second-order valence-corrected chi connectivity index (χ2v) is 13.8. The van der Waals surface area contributed by atoms with Gasteiger partial charge in [-0.05, 0) is 70.4 Å². The van der Waals surface area contributed by atoms with Crippen LogP contribution >= 0.6 is 0 Å². The Labute approximate surface area is 312 Å². The summed E-state index contributed by atoms with van der Waals surface area (Å²) < 4.78 is 14.7. The van der Waals surface area contributed by atoms with Gasteiger partial charge in [-0.2, -0.15) is 9.97 Å². The van der Waals surface area contributed by atoms with Crippen LogP contribution < -0.4 is 0 Å². The smallest absolute Gasteiger partial charge is 0.238 e. The minimum atomic E-state index is 0.539. The molecule has 12 aromatic rings. The van der Waals surface area contributed by atoms with Gasteiger partial charge in [0.2, 0.25) is 5.95 Å². The third kappa shape index (κ3) is 4.44. The third-order valence-corrected chi connectivity index (χ3v) is 10.8. The van der Waals surface area contributed by atoms with Crippen molar-refractivity contribution in [1.82, 2.24) is 24.5 Å². The highest BCUT2D eigenvalue weighted by molar-refractivity contribution is 6.16. The van der Waals surface area contributed by atoms with E-state index in [0.717, 1.165) is 98.7 Å².